The lowest BCUT2D eigenvalue weighted by Crippen LogP contribution is -2.31. The molecule has 2 aliphatic rings. The lowest BCUT2D eigenvalue weighted by atomic mass is 9.95. The summed E-state index contributed by atoms with van der Waals surface area (Å²) in [5.41, 5.74) is 3.95. The van der Waals surface area contributed by atoms with Gasteiger partial charge in [-0.05, 0) is 62.1 Å². The number of fused-ring (bicyclic) bond motifs is 1. The van der Waals surface area contributed by atoms with Crippen LogP contribution in [0.1, 0.15) is 59.0 Å². The number of nitrogens with one attached hydrogen (secondary N) is 2. The zero-order chi connectivity index (χ0) is 15.8. The Morgan fingerprint density at radius 3 is 2.70 bits per heavy atom. The number of nitrogens with zero attached hydrogens (tertiary/aromatic N) is 1. The second-order valence-corrected chi connectivity index (χ2v) is 7.01. The van der Waals surface area contributed by atoms with Crippen molar-refractivity contribution in [2.45, 2.75) is 44.6 Å². The van der Waals surface area contributed by atoms with Gasteiger partial charge < -0.3 is 5.32 Å². The van der Waals surface area contributed by atoms with Crippen molar-refractivity contribution in [3.05, 3.63) is 51.8 Å². The number of carbonyl (C=O) groups is 1. The molecule has 23 heavy (non-hydrogen) atoms. The summed E-state index contributed by atoms with van der Waals surface area (Å²) in [7, 11) is 0. The minimum atomic E-state index is -0.0590. The fourth-order valence-electron chi connectivity index (χ4n) is 3.45. The van der Waals surface area contributed by atoms with Gasteiger partial charge in [-0.1, -0.05) is 23.7 Å². The molecule has 2 aromatic rings. The minimum Gasteiger partial charge on any atom is -0.344 e. The number of rotatable bonds is 4. The Morgan fingerprint density at radius 1 is 1.22 bits per heavy atom. The van der Waals surface area contributed by atoms with Gasteiger partial charge in [0.15, 0.2) is 5.69 Å². The predicted molar refractivity (Wildman–Crippen MR) is 89.6 cm³/mol. The normalized spacial score (nSPS) is 18.3. The van der Waals surface area contributed by atoms with Crippen LogP contribution in [0.25, 0.3) is 0 Å². The summed E-state index contributed by atoms with van der Waals surface area (Å²) in [6.45, 7) is 0. The smallest absolute Gasteiger partial charge is 0.272 e. The molecule has 0 aliphatic heterocycles. The van der Waals surface area contributed by atoms with Crippen molar-refractivity contribution in [1.82, 2.24) is 15.5 Å². The van der Waals surface area contributed by atoms with Gasteiger partial charge in [0.1, 0.15) is 0 Å². The van der Waals surface area contributed by atoms with Gasteiger partial charge in [-0.25, -0.2) is 0 Å². The molecule has 5 heteroatoms. The average molecular weight is 330 g/mol. The van der Waals surface area contributed by atoms with E-state index in [0.29, 0.717) is 11.6 Å². The molecule has 1 atom stereocenters. The standard InChI is InChI=1S/C18H20ClN3O/c19-13-9-7-12(8-10-13)16(11-5-6-11)20-18(23)17-14-3-1-2-4-15(14)21-22-17/h7-11,16H,1-6H2,(H,20,23)(H,21,22). The van der Waals surface area contributed by atoms with Crippen molar-refractivity contribution < 1.29 is 4.79 Å². The molecule has 2 aliphatic carbocycles. The highest BCUT2D eigenvalue weighted by Gasteiger charge is 2.34. The molecule has 0 bridgehead atoms. The van der Waals surface area contributed by atoms with E-state index in [2.05, 4.69) is 15.5 Å². The Kier molecular flexibility index (Phi) is 3.85. The van der Waals surface area contributed by atoms with Crippen LogP contribution in [0.3, 0.4) is 0 Å². The zero-order valence-corrected chi connectivity index (χ0v) is 13.7. The highest BCUT2D eigenvalue weighted by molar-refractivity contribution is 6.30. The van der Waals surface area contributed by atoms with Crippen LogP contribution in [0.4, 0.5) is 0 Å². The van der Waals surface area contributed by atoms with E-state index in [9.17, 15) is 4.79 Å². The van der Waals surface area contributed by atoms with Crippen molar-refractivity contribution in [3.63, 3.8) is 0 Å². The van der Waals surface area contributed by atoms with Crippen LogP contribution >= 0.6 is 11.6 Å². The van der Waals surface area contributed by atoms with Crippen LogP contribution in [0, 0.1) is 5.92 Å². The number of H-pyrrole nitrogens is 1. The molecule has 1 amide bonds. The van der Waals surface area contributed by atoms with Crippen LogP contribution in [0.2, 0.25) is 5.02 Å². The summed E-state index contributed by atoms with van der Waals surface area (Å²) < 4.78 is 0. The van der Waals surface area contributed by atoms with Gasteiger partial charge in [-0.15, -0.1) is 0 Å². The van der Waals surface area contributed by atoms with Crippen LogP contribution in [-0.2, 0) is 12.8 Å². The van der Waals surface area contributed by atoms with E-state index in [-0.39, 0.29) is 11.9 Å². The van der Waals surface area contributed by atoms with Gasteiger partial charge in [0.25, 0.3) is 5.91 Å². The van der Waals surface area contributed by atoms with E-state index in [1.165, 1.54) is 6.42 Å². The number of aromatic amines is 1. The third-order valence-electron chi connectivity index (χ3n) is 4.88. The van der Waals surface area contributed by atoms with Gasteiger partial charge in [-0.2, -0.15) is 5.10 Å². The fraction of sp³-hybridized carbons (Fsp3) is 0.444. The summed E-state index contributed by atoms with van der Waals surface area (Å²) in [4.78, 5) is 12.7. The highest BCUT2D eigenvalue weighted by Crippen LogP contribution is 2.41. The largest absolute Gasteiger partial charge is 0.344 e. The lowest BCUT2D eigenvalue weighted by Gasteiger charge is -2.19. The van der Waals surface area contributed by atoms with Gasteiger partial charge in [0.05, 0.1) is 6.04 Å². The van der Waals surface area contributed by atoms with Gasteiger partial charge in [0.2, 0.25) is 0 Å². The van der Waals surface area contributed by atoms with E-state index in [4.69, 9.17) is 11.6 Å². The summed E-state index contributed by atoms with van der Waals surface area (Å²) in [6, 6.07) is 7.83. The minimum absolute atomic E-state index is 0.0516. The number of benzene rings is 1. The molecule has 1 aromatic carbocycles. The molecule has 0 spiro atoms. The quantitative estimate of drug-likeness (QED) is 0.895. The Hall–Kier alpha value is -1.81. The Bertz CT molecular complexity index is 718. The molecular weight excluding hydrogens is 310 g/mol. The first-order valence-corrected chi connectivity index (χ1v) is 8.72. The summed E-state index contributed by atoms with van der Waals surface area (Å²) in [6.07, 6.45) is 6.57. The van der Waals surface area contributed by atoms with Crippen molar-refractivity contribution in [2.24, 2.45) is 5.92 Å². The maximum absolute atomic E-state index is 12.7. The first kappa shape index (κ1) is 14.8. The molecule has 4 nitrogen and oxygen atoms in total. The first-order valence-electron chi connectivity index (χ1n) is 8.35. The molecule has 1 unspecified atom stereocenters. The zero-order valence-electron chi connectivity index (χ0n) is 12.9. The van der Waals surface area contributed by atoms with E-state index >= 15 is 0 Å². The molecule has 0 radical (unpaired) electrons. The Morgan fingerprint density at radius 2 is 1.96 bits per heavy atom. The predicted octanol–water partition coefficient (Wildman–Crippen LogP) is 3.82. The van der Waals surface area contributed by atoms with Crippen molar-refractivity contribution in [3.8, 4) is 0 Å². The van der Waals surface area contributed by atoms with E-state index in [0.717, 1.165) is 53.9 Å². The van der Waals surface area contributed by atoms with E-state index < -0.39 is 0 Å². The topological polar surface area (TPSA) is 57.8 Å². The van der Waals surface area contributed by atoms with Crippen LogP contribution in [0.5, 0.6) is 0 Å². The molecule has 1 saturated carbocycles. The number of hydrogen-bond acceptors (Lipinski definition) is 2. The molecule has 2 N–H and O–H groups in total. The van der Waals surface area contributed by atoms with E-state index in [1.807, 2.05) is 24.3 Å². The Labute approximate surface area is 140 Å². The Balaban J connectivity index is 1.56. The average Bonchev–Trinajstić information content (AvgIpc) is 3.32. The van der Waals surface area contributed by atoms with Crippen molar-refractivity contribution in [1.29, 1.82) is 0 Å². The molecule has 1 aromatic heterocycles. The number of amides is 1. The van der Waals surface area contributed by atoms with Crippen LogP contribution in [-0.4, -0.2) is 16.1 Å². The molecule has 4 rings (SSSR count). The number of hydrogen-bond donors (Lipinski definition) is 2. The summed E-state index contributed by atoms with van der Waals surface area (Å²) in [5, 5.41) is 11.2. The number of aromatic nitrogens is 2. The molecular formula is C18H20ClN3O. The second kappa shape index (κ2) is 6.00. The van der Waals surface area contributed by atoms with Crippen LogP contribution < -0.4 is 5.32 Å². The third-order valence-corrected chi connectivity index (χ3v) is 5.13. The number of halogens is 1. The summed E-state index contributed by atoms with van der Waals surface area (Å²) >= 11 is 5.98. The van der Waals surface area contributed by atoms with Gasteiger partial charge >= 0.3 is 0 Å². The SMILES string of the molecule is O=C(NC(c1ccc(Cl)cc1)C1CC1)c1n[nH]c2c1CCCC2. The molecule has 1 heterocycles. The first-order chi connectivity index (χ1) is 11.2. The monoisotopic (exact) mass is 329 g/mol. The number of carbonyl (C=O) groups excluding carboxylic acids is 1. The lowest BCUT2D eigenvalue weighted by molar-refractivity contribution is 0.0925. The van der Waals surface area contributed by atoms with E-state index in [1.54, 1.807) is 0 Å². The van der Waals surface area contributed by atoms with Gasteiger partial charge in [-0.3, -0.25) is 9.89 Å². The van der Waals surface area contributed by atoms with Crippen LogP contribution in [0.15, 0.2) is 24.3 Å². The fourth-order valence-corrected chi connectivity index (χ4v) is 3.58. The molecule has 1 fully saturated rings. The summed E-state index contributed by atoms with van der Waals surface area (Å²) in [5.74, 6) is 0.464. The maximum Gasteiger partial charge on any atom is 0.272 e. The second-order valence-electron chi connectivity index (χ2n) is 6.58. The van der Waals surface area contributed by atoms with Crippen molar-refractivity contribution in [2.75, 3.05) is 0 Å². The van der Waals surface area contributed by atoms with Crippen molar-refractivity contribution >= 4 is 17.5 Å². The van der Waals surface area contributed by atoms with Gasteiger partial charge in [0, 0.05) is 16.3 Å². The highest BCUT2D eigenvalue weighted by atomic mass is 35.5. The molecule has 120 valence electrons. The third kappa shape index (κ3) is 3.00. The number of aryl methyl sites for hydroxylation is 1. The molecule has 0 saturated heterocycles. The maximum atomic E-state index is 12.7.